The summed E-state index contributed by atoms with van der Waals surface area (Å²) in [5, 5.41) is 21.2. The number of hydrogen-bond donors (Lipinski definition) is 4. The van der Waals surface area contributed by atoms with Crippen LogP contribution in [0.5, 0.6) is 0 Å². The fourth-order valence-corrected chi connectivity index (χ4v) is 5.54. The van der Waals surface area contributed by atoms with Crippen LogP contribution in [0.4, 0.5) is 18.9 Å². The van der Waals surface area contributed by atoms with Crippen LogP contribution >= 0.6 is 11.6 Å². The average molecular weight is 485 g/mol. The summed E-state index contributed by atoms with van der Waals surface area (Å²) in [7, 11) is 0. The van der Waals surface area contributed by atoms with E-state index >= 15 is 0 Å². The third kappa shape index (κ3) is 5.38. The van der Waals surface area contributed by atoms with Crippen molar-refractivity contribution in [3.63, 3.8) is 0 Å². The van der Waals surface area contributed by atoms with Gasteiger partial charge in [0.25, 0.3) is 0 Å². The molecule has 1 aromatic rings. The lowest BCUT2D eigenvalue weighted by molar-refractivity contribution is -0.128. The number of alkyl halides is 3. The quantitative estimate of drug-likeness (QED) is 0.496. The Balaban J connectivity index is 1.52. The van der Waals surface area contributed by atoms with Gasteiger partial charge in [-0.2, -0.15) is 18.4 Å². The van der Waals surface area contributed by atoms with E-state index in [2.05, 4.69) is 32.5 Å². The first-order chi connectivity index (χ1) is 15.7. The topological polar surface area (TPSA) is 92.2 Å². The highest BCUT2D eigenvalue weighted by Crippen LogP contribution is 2.42. The van der Waals surface area contributed by atoms with Crippen LogP contribution in [-0.4, -0.2) is 54.0 Å². The number of nitrogens with one attached hydrogen (secondary N) is 4. The molecule has 3 fully saturated rings. The molecule has 33 heavy (non-hydrogen) atoms. The van der Waals surface area contributed by atoms with Crippen LogP contribution in [0, 0.1) is 17.2 Å². The molecule has 1 amide bonds. The van der Waals surface area contributed by atoms with Crippen molar-refractivity contribution in [1.29, 1.82) is 5.26 Å². The maximum Gasteiger partial charge on any atom is 0.401 e. The molecular formula is C22H28ClF3N6O. The zero-order valence-electron chi connectivity index (χ0n) is 18.1. The van der Waals surface area contributed by atoms with E-state index in [1.807, 2.05) is 12.1 Å². The minimum absolute atomic E-state index is 0.0552. The first-order valence-electron chi connectivity index (χ1n) is 11.2. The largest absolute Gasteiger partial charge is 0.401 e. The highest BCUT2D eigenvalue weighted by molar-refractivity contribution is 6.30. The number of amides is 1. The standard InChI is InChI=1S/C22H28ClF3N6O/c23-14-1-3-16(4-2-14)30-19-18-17(7-12-28-20(18)33)32(31-19)21(10-11-27)8-5-15(6-9-21)29-13-22(24,25)26/h1-4,15,17-19,29-31H,5-10,12-13H2,(H,28,33). The predicted octanol–water partition coefficient (Wildman–Crippen LogP) is 3.15. The lowest BCUT2D eigenvalue weighted by Crippen LogP contribution is -2.60. The molecule has 4 N–H and O–H groups in total. The second-order valence-electron chi connectivity index (χ2n) is 9.13. The molecule has 3 unspecified atom stereocenters. The molecule has 0 aromatic heterocycles. The zero-order chi connectivity index (χ0) is 23.6. The molecule has 2 saturated heterocycles. The van der Waals surface area contributed by atoms with Gasteiger partial charge in [0.2, 0.25) is 5.91 Å². The van der Waals surface area contributed by atoms with Gasteiger partial charge < -0.3 is 16.0 Å². The molecule has 1 saturated carbocycles. The van der Waals surface area contributed by atoms with Crippen LogP contribution in [0.2, 0.25) is 5.02 Å². The van der Waals surface area contributed by atoms with Crippen LogP contribution in [-0.2, 0) is 4.79 Å². The number of fused-ring (bicyclic) bond motifs is 1. The summed E-state index contributed by atoms with van der Waals surface area (Å²) in [4.78, 5) is 12.8. The van der Waals surface area contributed by atoms with Crippen molar-refractivity contribution in [2.45, 2.75) is 68.5 Å². The van der Waals surface area contributed by atoms with Gasteiger partial charge in [-0.05, 0) is 56.4 Å². The van der Waals surface area contributed by atoms with Crippen molar-refractivity contribution in [3.05, 3.63) is 29.3 Å². The normalized spacial score (nSPS) is 32.6. The molecule has 0 spiro atoms. The van der Waals surface area contributed by atoms with E-state index in [1.54, 1.807) is 12.1 Å². The van der Waals surface area contributed by atoms with E-state index < -0.39 is 18.3 Å². The number of carbonyl (C=O) groups is 1. The molecule has 1 aromatic carbocycles. The maximum absolute atomic E-state index is 12.8. The number of carbonyl (C=O) groups excluding carboxylic acids is 1. The number of anilines is 1. The second-order valence-corrected chi connectivity index (χ2v) is 9.57. The van der Waals surface area contributed by atoms with E-state index in [1.165, 1.54) is 0 Å². The van der Waals surface area contributed by atoms with Gasteiger partial charge in [-0.15, -0.1) is 0 Å². The summed E-state index contributed by atoms with van der Waals surface area (Å²) < 4.78 is 37.9. The van der Waals surface area contributed by atoms with Crippen molar-refractivity contribution in [3.8, 4) is 6.07 Å². The molecule has 0 bridgehead atoms. The predicted molar refractivity (Wildman–Crippen MR) is 118 cm³/mol. The number of nitriles is 1. The zero-order valence-corrected chi connectivity index (χ0v) is 18.8. The number of halogens is 4. The number of hydrazine groups is 1. The van der Waals surface area contributed by atoms with E-state index in [-0.39, 0.29) is 36.5 Å². The first kappa shape index (κ1) is 24.1. The molecule has 0 radical (unpaired) electrons. The Morgan fingerprint density at radius 1 is 1.21 bits per heavy atom. The fourth-order valence-electron chi connectivity index (χ4n) is 5.41. The monoisotopic (exact) mass is 484 g/mol. The van der Waals surface area contributed by atoms with Crippen LogP contribution < -0.4 is 21.4 Å². The SMILES string of the molecule is N#CCC1(N2NC(Nc3ccc(Cl)cc3)C3C(=O)NCCC32)CCC(NCC(F)(F)F)CC1. The van der Waals surface area contributed by atoms with Crippen molar-refractivity contribution < 1.29 is 18.0 Å². The average Bonchev–Trinajstić information content (AvgIpc) is 3.15. The lowest BCUT2D eigenvalue weighted by Gasteiger charge is -2.48. The summed E-state index contributed by atoms with van der Waals surface area (Å²) in [5.41, 5.74) is 3.74. The van der Waals surface area contributed by atoms with Crippen molar-refractivity contribution in [2.24, 2.45) is 5.92 Å². The lowest BCUT2D eigenvalue weighted by atomic mass is 9.75. The smallest absolute Gasteiger partial charge is 0.368 e. The van der Waals surface area contributed by atoms with Gasteiger partial charge in [0.1, 0.15) is 6.17 Å². The van der Waals surface area contributed by atoms with Gasteiger partial charge in [-0.1, -0.05) is 11.6 Å². The molecule has 1 aliphatic carbocycles. The van der Waals surface area contributed by atoms with Crippen LogP contribution in [0.1, 0.15) is 38.5 Å². The fraction of sp³-hybridized carbons (Fsp3) is 0.636. The molecule has 180 valence electrons. The summed E-state index contributed by atoms with van der Waals surface area (Å²) >= 11 is 5.99. The number of rotatable bonds is 6. The van der Waals surface area contributed by atoms with Crippen LogP contribution in [0.15, 0.2) is 24.3 Å². The number of nitrogens with zero attached hydrogens (tertiary/aromatic N) is 2. The van der Waals surface area contributed by atoms with Gasteiger partial charge in [0.15, 0.2) is 0 Å². The van der Waals surface area contributed by atoms with Crippen molar-refractivity contribution in [1.82, 2.24) is 21.1 Å². The minimum atomic E-state index is -4.25. The van der Waals surface area contributed by atoms with Gasteiger partial charge in [-0.3, -0.25) is 4.79 Å². The molecule has 3 aliphatic rings. The summed E-state index contributed by atoms with van der Waals surface area (Å²) in [6.45, 7) is -0.465. The third-order valence-electron chi connectivity index (χ3n) is 7.02. The number of piperidine rings is 1. The Labute approximate surface area is 196 Å². The number of hydrogen-bond acceptors (Lipinski definition) is 6. The maximum atomic E-state index is 12.8. The number of benzene rings is 1. The molecule has 2 aliphatic heterocycles. The molecule has 3 atom stereocenters. The molecular weight excluding hydrogens is 457 g/mol. The third-order valence-corrected chi connectivity index (χ3v) is 7.27. The Morgan fingerprint density at radius 3 is 2.55 bits per heavy atom. The Hall–Kier alpha value is -2.06. The van der Waals surface area contributed by atoms with E-state index in [9.17, 15) is 23.2 Å². The van der Waals surface area contributed by atoms with E-state index in [0.29, 0.717) is 37.3 Å². The van der Waals surface area contributed by atoms with Gasteiger partial charge in [-0.25, -0.2) is 10.4 Å². The molecule has 4 rings (SSSR count). The Bertz CT molecular complexity index is 882. The van der Waals surface area contributed by atoms with Crippen LogP contribution in [0.25, 0.3) is 0 Å². The van der Waals surface area contributed by atoms with Gasteiger partial charge in [0, 0.05) is 34.9 Å². The van der Waals surface area contributed by atoms with Gasteiger partial charge >= 0.3 is 6.18 Å². The first-order valence-corrected chi connectivity index (χ1v) is 11.6. The minimum Gasteiger partial charge on any atom is -0.368 e. The summed E-state index contributed by atoms with van der Waals surface area (Å²) in [5.74, 6) is -0.425. The molecule has 7 nitrogen and oxygen atoms in total. The summed E-state index contributed by atoms with van der Waals surface area (Å²) in [6, 6.07) is 9.14. The van der Waals surface area contributed by atoms with Crippen molar-refractivity contribution >= 4 is 23.2 Å². The Morgan fingerprint density at radius 2 is 1.91 bits per heavy atom. The van der Waals surface area contributed by atoms with E-state index in [0.717, 1.165) is 12.1 Å². The summed E-state index contributed by atoms with van der Waals surface area (Å²) in [6.07, 6.45) is -1.45. The van der Waals surface area contributed by atoms with Crippen LogP contribution in [0.3, 0.4) is 0 Å². The molecule has 11 heteroatoms. The van der Waals surface area contributed by atoms with Gasteiger partial charge in [0.05, 0.1) is 25.0 Å². The van der Waals surface area contributed by atoms with E-state index in [4.69, 9.17) is 11.6 Å². The highest BCUT2D eigenvalue weighted by atomic mass is 35.5. The highest BCUT2D eigenvalue weighted by Gasteiger charge is 2.55. The second kappa shape index (κ2) is 9.66. The Kier molecular flexibility index (Phi) is 7.05. The molecule has 2 heterocycles. The van der Waals surface area contributed by atoms with Crippen molar-refractivity contribution in [2.75, 3.05) is 18.4 Å².